The van der Waals surface area contributed by atoms with Gasteiger partial charge in [-0.05, 0) is 61.7 Å². The Morgan fingerprint density at radius 1 is 1.21 bits per heavy atom. The van der Waals surface area contributed by atoms with Gasteiger partial charge < -0.3 is 10.4 Å². The summed E-state index contributed by atoms with van der Waals surface area (Å²) < 4.78 is 13.5. The van der Waals surface area contributed by atoms with E-state index in [1.165, 1.54) is 24.3 Å². The van der Waals surface area contributed by atoms with E-state index in [0.717, 1.165) is 36.9 Å². The van der Waals surface area contributed by atoms with Gasteiger partial charge in [0.1, 0.15) is 5.82 Å². The third-order valence-corrected chi connectivity index (χ3v) is 5.21. The van der Waals surface area contributed by atoms with Crippen molar-refractivity contribution < 1.29 is 19.1 Å². The van der Waals surface area contributed by atoms with Gasteiger partial charge in [0.2, 0.25) is 5.91 Å². The molecule has 0 aliphatic carbocycles. The first kappa shape index (κ1) is 23.1. The van der Waals surface area contributed by atoms with E-state index in [1.54, 1.807) is 18.2 Å². The third kappa shape index (κ3) is 6.17. The zero-order chi connectivity index (χ0) is 20.1. The maximum absolute atomic E-state index is 13.5. The summed E-state index contributed by atoms with van der Waals surface area (Å²) in [6.07, 6.45) is 2.77. The number of hydrogen-bond acceptors (Lipinski definition) is 3. The molecule has 1 saturated heterocycles. The van der Waals surface area contributed by atoms with Gasteiger partial charge in [0.15, 0.2) is 0 Å². The van der Waals surface area contributed by atoms with E-state index in [1.807, 2.05) is 13.0 Å². The number of carbonyl (C=O) groups is 2. The Morgan fingerprint density at radius 2 is 1.93 bits per heavy atom. The summed E-state index contributed by atoms with van der Waals surface area (Å²) in [5.41, 5.74) is 1.93. The second kappa shape index (κ2) is 10.6. The first-order chi connectivity index (χ1) is 13.4. The van der Waals surface area contributed by atoms with Crippen molar-refractivity contribution in [3.05, 3.63) is 71.0 Å². The fraction of sp³-hybridized carbons (Fsp3) is 0.364. The Morgan fingerprint density at radius 3 is 2.59 bits per heavy atom. The van der Waals surface area contributed by atoms with E-state index in [0.29, 0.717) is 6.54 Å². The van der Waals surface area contributed by atoms with Crippen molar-refractivity contribution in [2.24, 2.45) is 0 Å². The Hall–Kier alpha value is -2.13. The number of likely N-dealkylation sites (tertiary alicyclic amines) is 1. The molecule has 1 amide bonds. The molecule has 2 atom stereocenters. The van der Waals surface area contributed by atoms with Crippen LogP contribution in [0.4, 0.5) is 4.39 Å². The van der Waals surface area contributed by atoms with Gasteiger partial charge in [-0.2, -0.15) is 0 Å². The van der Waals surface area contributed by atoms with Crippen LogP contribution in [0, 0.1) is 5.82 Å². The van der Waals surface area contributed by atoms with Crippen LogP contribution in [-0.4, -0.2) is 53.3 Å². The topological polar surface area (TPSA) is 69.6 Å². The molecule has 29 heavy (non-hydrogen) atoms. The van der Waals surface area contributed by atoms with Crippen LogP contribution in [0.3, 0.4) is 0 Å². The fourth-order valence-corrected chi connectivity index (χ4v) is 3.65. The Balaban J connectivity index is 0.00000300. The Labute approximate surface area is 182 Å². The normalized spacial score (nSPS) is 17.8. The van der Waals surface area contributed by atoms with Gasteiger partial charge in [-0.25, -0.2) is 9.18 Å². The van der Waals surface area contributed by atoms with Crippen LogP contribution in [0.15, 0.2) is 48.5 Å². The number of piperidine rings is 1. The summed E-state index contributed by atoms with van der Waals surface area (Å²) >= 11 is 0. The molecule has 0 radical (unpaired) electrons. The van der Waals surface area contributed by atoms with Crippen molar-refractivity contribution >= 4 is 30.7 Å². The number of halogens is 1. The molecule has 1 fully saturated rings. The minimum atomic E-state index is -0.974. The first-order valence-electron chi connectivity index (χ1n) is 9.56. The second-order valence-electron chi connectivity index (χ2n) is 7.27. The summed E-state index contributed by atoms with van der Waals surface area (Å²) in [7, 11) is 0. The minimum absolute atomic E-state index is 0. The molecule has 1 aliphatic heterocycles. The number of hydrogen-bond donors (Lipinski definition) is 2. The molecule has 1 aliphatic rings. The van der Waals surface area contributed by atoms with E-state index in [2.05, 4.69) is 10.2 Å². The molecule has 0 bridgehead atoms. The van der Waals surface area contributed by atoms with Crippen molar-refractivity contribution in [1.82, 2.24) is 10.2 Å². The van der Waals surface area contributed by atoms with E-state index >= 15 is 0 Å². The molecule has 7 heteroatoms. The number of carboxylic acids is 1. The standard InChI is InChI=1S/C22H25FN2O3.Li.H/c1-15(17-8-10-18(11-9-17)22(27)28)24-21(26)20-7-2-3-12-25(20)14-16-5-4-6-19(23)13-16;;/h4-6,8-11,13,15,20H,2-3,7,12,14H2,1H3,(H,24,26)(H,27,28);;/t15-,20+;;/m0../s1. The first-order valence-corrected chi connectivity index (χ1v) is 9.56. The summed E-state index contributed by atoms with van der Waals surface area (Å²) in [6, 6.07) is 12.5. The average molecular weight is 392 g/mol. The molecule has 2 aromatic carbocycles. The molecule has 5 nitrogen and oxygen atoms in total. The molecule has 150 valence electrons. The van der Waals surface area contributed by atoms with Crippen LogP contribution < -0.4 is 5.32 Å². The predicted molar refractivity (Wildman–Crippen MR) is 112 cm³/mol. The van der Waals surface area contributed by atoms with E-state index in [4.69, 9.17) is 5.11 Å². The zero-order valence-corrected chi connectivity index (χ0v) is 15.9. The molecule has 0 spiro atoms. The van der Waals surface area contributed by atoms with Crippen LogP contribution in [0.5, 0.6) is 0 Å². The number of rotatable bonds is 6. The number of carboxylic acid groups (broad SMARTS) is 1. The molecule has 2 aromatic rings. The van der Waals surface area contributed by atoms with Gasteiger partial charge in [-0.15, -0.1) is 0 Å². The number of benzene rings is 2. The monoisotopic (exact) mass is 392 g/mol. The van der Waals surface area contributed by atoms with Crippen molar-refractivity contribution in [2.45, 2.75) is 44.8 Å². The van der Waals surface area contributed by atoms with Gasteiger partial charge in [0, 0.05) is 6.54 Å². The number of nitrogens with one attached hydrogen (secondary N) is 1. The second-order valence-corrected chi connectivity index (χ2v) is 7.27. The van der Waals surface area contributed by atoms with Crippen molar-refractivity contribution in [2.75, 3.05) is 6.54 Å². The number of nitrogens with zero attached hydrogens (tertiary/aromatic N) is 1. The maximum atomic E-state index is 13.5. The summed E-state index contributed by atoms with van der Waals surface area (Å²) in [4.78, 5) is 26.0. The summed E-state index contributed by atoms with van der Waals surface area (Å²) in [6.45, 7) is 3.22. The molecule has 2 N–H and O–H groups in total. The van der Waals surface area contributed by atoms with Crippen LogP contribution in [0.1, 0.15) is 53.7 Å². The average Bonchev–Trinajstić information content (AvgIpc) is 2.68. The molecular weight excluding hydrogens is 366 g/mol. The Bertz CT molecular complexity index is 844. The number of amides is 1. The van der Waals surface area contributed by atoms with Gasteiger partial charge >= 0.3 is 24.8 Å². The molecular formula is C22H26FLiN2O3. The molecule has 3 rings (SSSR count). The quantitative estimate of drug-likeness (QED) is 0.742. The molecule has 0 saturated carbocycles. The van der Waals surface area contributed by atoms with Crippen LogP contribution >= 0.6 is 0 Å². The van der Waals surface area contributed by atoms with Crippen molar-refractivity contribution in [3.63, 3.8) is 0 Å². The van der Waals surface area contributed by atoms with E-state index in [9.17, 15) is 14.0 Å². The van der Waals surface area contributed by atoms with Gasteiger partial charge in [-0.1, -0.05) is 30.7 Å². The number of aromatic carboxylic acids is 1. The summed E-state index contributed by atoms with van der Waals surface area (Å²) in [5, 5.41) is 12.0. The SMILES string of the molecule is C[C@H](NC(=O)[C@H]1CCCCN1Cc1cccc(F)c1)c1ccc(C(=O)O)cc1.[LiH]. The number of carbonyl (C=O) groups excluding carboxylic acids is 1. The van der Waals surface area contributed by atoms with Crippen molar-refractivity contribution in [1.29, 1.82) is 0 Å². The summed E-state index contributed by atoms with van der Waals surface area (Å²) in [5.74, 6) is -1.29. The van der Waals surface area contributed by atoms with Gasteiger partial charge in [0.05, 0.1) is 17.6 Å². The van der Waals surface area contributed by atoms with Crippen LogP contribution in [0.25, 0.3) is 0 Å². The van der Waals surface area contributed by atoms with Gasteiger partial charge in [0.25, 0.3) is 0 Å². The molecule has 1 heterocycles. The van der Waals surface area contributed by atoms with E-state index < -0.39 is 5.97 Å². The fourth-order valence-electron chi connectivity index (χ4n) is 3.65. The van der Waals surface area contributed by atoms with E-state index in [-0.39, 0.29) is 48.2 Å². The van der Waals surface area contributed by atoms with Gasteiger partial charge in [-0.3, -0.25) is 9.69 Å². The van der Waals surface area contributed by atoms with Crippen molar-refractivity contribution in [3.8, 4) is 0 Å². The van der Waals surface area contributed by atoms with Crippen LogP contribution in [0.2, 0.25) is 0 Å². The predicted octanol–water partition coefficient (Wildman–Crippen LogP) is 3.11. The molecule has 0 aromatic heterocycles. The molecule has 0 unspecified atom stereocenters. The van der Waals surface area contributed by atoms with Crippen LogP contribution in [-0.2, 0) is 11.3 Å². The Kier molecular flexibility index (Phi) is 8.45. The third-order valence-electron chi connectivity index (χ3n) is 5.21. The zero-order valence-electron chi connectivity index (χ0n) is 15.9.